The van der Waals surface area contributed by atoms with E-state index < -0.39 is 11.4 Å². The zero-order chi connectivity index (χ0) is 12.5. The minimum Gasteiger partial charge on any atom is -0.481 e. The van der Waals surface area contributed by atoms with Crippen molar-refractivity contribution in [3.8, 4) is 0 Å². The molecule has 1 atom stereocenters. The monoisotopic (exact) mass is 233 g/mol. The summed E-state index contributed by atoms with van der Waals surface area (Å²) in [7, 11) is 0. The van der Waals surface area contributed by atoms with E-state index in [1.165, 1.54) is 0 Å². The number of hydrogen-bond acceptors (Lipinski definition) is 2. The number of nitrogens with two attached hydrogens (primary N) is 1. The fraction of sp³-hybridized carbons (Fsp3) is 0.500. The minimum absolute atomic E-state index is 0.199. The Hall–Kier alpha value is -1.51. The van der Waals surface area contributed by atoms with Crippen LogP contribution in [0.2, 0.25) is 0 Å². The lowest BCUT2D eigenvalue weighted by Crippen LogP contribution is -2.39. The van der Waals surface area contributed by atoms with Gasteiger partial charge in [0.1, 0.15) is 0 Å². The molecule has 1 fully saturated rings. The lowest BCUT2D eigenvalue weighted by Gasteiger charge is -2.32. The van der Waals surface area contributed by atoms with Gasteiger partial charge in [0.15, 0.2) is 0 Å². The van der Waals surface area contributed by atoms with Crippen LogP contribution in [-0.2, 0) is 10.2 Å². The van der Waals surface area contributed by atoms with Crippen LogP contribution in [0, 0.1) is 5.92 Å². The van der Waals surface area contributed by atoms with Gasteiger partial charge < -0.3 is 10.8 Å². The van der Waals surface area contributed by atoms with Crippen molar-refractivity contribution >= 4 is 11.7 Å². The zero-order valence-corrected chi connectivity index (χ0v) is 10.1. The van der Waals surface area contributed by atoms with Gasteiger partial charge in [-0.2, -0.15) is 0 Å². The van der Waals surface area contributed by atoms with Crippen molar-refractivity contribution in [3.05, 3.63) is 29.8 Å². The molecule has 0 spiro atoms. The molecule has 1 aromatic carbocycles. The number of hydrogen-bond donors (Lipinski definition) is 2. The van der Waals surface area contributed by atoms with Crippen molar-refractivity contribution in [2.24, 2.45) is 5.92 Å². The van der Waals surface area contributed by atoms with E-state index in [-0.39, 0.29) is 5.92 Å². The van der Waals surface area contributed by atoms with Crippen molar-refractivity contribution in [3.63, 3.8) is 0 Å². The summed E-state index contributed by atoms with van der Waals surface area (Å²) in [5.41, 5.74) is 6.45. The topological polar surface area (TPSA) is 63.3 Å². The molecule has 0 aromatic heterocycles. The highest BCUT2D eigenvalue weighted by Crippen LogP contribution is 2.44. The van der Waals surface area contributed by atoms with Crippen LogP contribution in [0.3, 0.4) is 0 Å². The molecule has 0 saturated heterocycles. The first kappa shape index (κ1) is 12.0. The quantitative estimate of drug-likeness (QED) is 0.789. The van der Waals surface area contributed by atoms with E-state index in [0.29, 0.717) is 5.69 Å². The van der Waals surface area contributed by atoms with Crippen LogP contribution in [0.4, 0.5) is 5.69 Å². The number of aliphatic carboxylic acids is 1. The predicted molar refractivity (Wildman–Crippen MR) is 67.8 cm³/mol. The fourth-order valence-corrected chi connectivity index (χ4v) is 2.98. The molecule has 0 amide bonds. The number of carbonyl (C=O) groups is 1. The first-order valence-electron chi connectivity index (χ1n) is 6.15. The summed E-state index contributed by atoms with van der Waals surface area (Å²) in [4.78, 5) is 11.7. The molecule has 0 heterocycles. The largest absolute Gasteiger partial charge is 0.481 e. The number of anilines is 1. The number of carboxylic acids is 1. The number of nitrogen functional groups attached to an aromatic ring is 1. The summed E-state index contributed by atoms with van der Waals surface area (Å²) in [6.07, 6.45) is 4.22. The smallest absolute Gasteiger partial charge is 0.314 e. The highest BCUT2D eigenvalue weighted by molar-refractivity contribution is 5.83. The molecule has 3 heteroatoms. The molecular formula is C14H19NO2. The molecule has 1 aliphatic carbocycles. The van der Waals surface area contributed by atoms with Crippen LogP contribution in [0.15, 0.2) is 24.3 Å². The van der Waals surface area contributed by atoms with E-state index >= 15 is 0 Å². The van der Waals surface area contributed by atoms with Crippen LogP contribution in [0.1, 0.15) is 38.2 Å². The average Bonchev–Trinajstić information content (AvgIpc) is 2.82. The van der Waals surface area contributed by atoms with Crippen molar-refractivity contribution in [2.75, 3.05) is 5.73 Å². The van der Waals surface area contributed by atoms with E-state index in [1.54, 1.807) is 6.07 Å². The Bertz CT molecular complexity index is 424. The fourth-order valence-electron chi connectivity index (χ4n) is 2.98. The number of rotatable bonds is 3. The maximum atomic E-state index is 11.7. The molecule has 1 unspecified atom stereocenters. The third-order valence-electron chi connectivity index (χ3n) is 4.14. The molecule has 3 N–H and O–H groups in total. The van der Waals surface area contributed by atoms with Gasteiger partial charge in [0.2, 0.25) is 0 Å². The van der Waals surface area contributed by atoms with Gasteiger partial charge in [-0.1, -0.05) is 31.0 Å². The summed E-state index contributed by atoms with van der Waals surface area (Å²) in [5, 5.41) is 9.62. The highest BCUT2D eigenvalue weighted by Gasteiger charge is 2.44. The summed E-state index contributed by atoms with van der Waals surface area (Å²) in [6, 6.07) is 7.34. The molecule has 1 aromatic rings. The van der Waals surface area contributed by atoms with Crippen molar-refractivity contribution < 1.29 is 9.90 Å². The number of para-hydroxylation sites is 1. The van der Waals surface area contributed by atoms with Gasteiger partial charge in [-0.25, -0.2) is 0 Å². The van der Waals surface area contributed by atoms with Crippen molar-refractivity contribution in [1.29, 1.82) is 0 Å². The minimum atomic E-state index is -0.845. The molecule has 1 aliphatic rings. The Morgan fingerprint density at radius 1 is 1.35 bits per heavy atom. The third-order valence-corrected chi connectivity index (χ3v) is 4.14. The second kappa shape index (κ2) is 4.40. The lowest BCUT2D eigenvalue weighted by atomic mass is 9.70. The normalized spacial score (nSPS) is 20.1. The summed E-state index contributed by atoms with van der Waals surface area (Å²) in [5.74, 6) is -0.563. The maximum absolute atomic E-state index is 11.7. The third kappa shape index (κ3) is 1.90. The van der Waals surface area contributed by atoms with Gasteiger partial charge in [0.25, 0.3) is 0 Å². The van der Waals surface area contributed by atoms with Gasteiger partial charge in [-0.05, 0) is 37.3 Å². The van der Waals surface area contributed by atoms with Crippen LogP contribution >= 0.6 is 0 Å². The summed E-state index contributed by atoms with van der Waals surface area (Å²) >= 11 is 0. The van der Waals surface area contributed by atoms with Crippen molar-refractivity contribution in [1.82, 2.24) is 0 Å². The Morgan fingerprint density at radius 2 is 1.94 bits per heavy atom. The molecular weight excluding hydrogens is 214 g/mol. The SMILES string of the molecule is CC(C(=O)O)(c1ccccc1N)C1CCCC1. The summed E-state index contributed by atoms with van der Waals surface area (Å²) in [6.45, 7) is 1.82. The zero-order valence-electron chi connectivity index (χ0n) is 10.1. The van der Waals surface area contributed by atoms with Crippen molar-refractivity contribution in [2.45, 2.75) is 38.0 Å². The second-order valence-electron chi connectivity index (χ2n) is 5.08. The predicted octanol–water partition coefficient (Wildman–Crippen LogP) is 2.80. The Balaban J connectivity index is 2.47. The number of carboxylic acid groups (broad SMARTS) is 1. The first-order valence-corrected chi connectivity index (χ1v) is 6.15. The summed E-state index contributed by atoms with van der Waals surface area (Å²) < 4.78 is 0. The second-order valence-corrected chi connectivity index (χ2v) is 5.08. The number of benzene rings is 1. The van der Waals surface area contributed by atoms with Crippen LogP contribution in [0.25, 0.3) is 0 Å². The van der Waals surface area contributed by atoms with E-state index in [0.717, 1.165) is 31.2 Å². The molecule has 3 nitrogen and oxygen atoms in total. The molecule has 0 bridgehead atoms. The van der Waals surface area contributed by atoms with Gasteiger partial charge in [0.05, 0.1) is 5.41 Å². The molecule has 92 valence electrons. The Kier molecular flexibility index (Phi) is 3.09. The van der Waals surface area contributed by atoms with Gasteiger partial charge in [0, 0.05) is 5.69 Å². The molecule has 0 aliphatic heterocycles. The molecule has 1 saturated carbocycles. The van der Waals surface area contributed by atoms with Crippen LogP contribution in [0.5, 0.6) is 0 Å². The molecule has 2 rings (SSSR count). The Morgan fingerprint density at radius 3 is 2.47 bits per heavy atom. The standard InChI is InChI=1S/C14H19NO2/c1-14(13(16)17,10-6-2-3-7-10)11-8-4-5-9-12(11)15/h4-5,8-10H,2-3,6-7,15H2,1H3,(H,16,17). The van der Waals surface area contributed by atoms with E-state index in [4.69, 9.17) is 5.73 Å². The van der Waals surface area contributed by atoms with Crippen LogP contribution in [-0.4, -0.2) is 11.1 Å². The van der Waals surface area contributed by atoms with Gasteiger partial charge >= 0.3 is 5.97 Å². The van der Waals surface area contributed by atoms with E-state index in [9.17, 15) is 9.90 Å². The highest BCUT2D eigenvalue weighted by atomic mass is 16.4. The lowest BCUT2D eigenvalue weighted by molar-refractivity contribution is -0.145. The molecule has 17 heavy (non-hydrogen) atoms. The van der Waals surface area contributed by atoms with E-state index in [1.807, 2.05) is 25.1 Å². The average molecular weight is 233 g/mol. The first-order chi connectivity index (χ1) is 8.06. The Labute approximate surface area is 102 Å². The van der Waals surface area contributed by atoms with E-state index in [2.05, 4.69) is 0 Å². The maximum Gasteiger partial charge on any atom is 0.314 e. The molecule has 0 radical (unpaired) electrons. The van der Waals surface area contributed by atoms with Gasteiger partial charge in [-0.3, -0.25) is 4.79 Å². The van der Waals surface area contributed by atoms with Crippen LogP contribution < -0.4 is 5.73 Å². The van der Waals surface area contributed by atoms with Gasteiger partial charge in [-0.15, -0.1) is 0 Å².